The van der Waals surface area contributed by atoms with E-state index in [1.165, 1.54) is 10.4 Å². The van der Waals surface area contributed by atoms with Crippen LogP contribution < -0.4 is 10.6 Å². The average Bonchev–Trinajstić information content (AvgIpc) is 2.87. The number of hydrogen-bond acceptors (Lipinski definition) is 4. The normalized spacial score (nSPS) is 22.8. The summed E-state index contributed by atoms with van der Waals surface area (Å²) in [7, 11) is 0. The third-order valence-electron chi connectivity index (χ3n) is 4.59. The van der Waals surface area contributed by atoms with Crippen LogP contribution in [0.15, 0.2) is 18.2 Å². The predicted molar refractivity (Wildman–Crippen MR) is 100 cm³/mol. The first-order valence-corrected chi connectivity index (χ1v) is 9.63. The number of hydrogen-bond donors (Lipinski definition) is 3. The molecule has 0 saturated heterocycles. The van der Waals surface area contributed by atoms with E-state index in [0.717, 1.165) is 33.4 Å². The largest absolute Gasteiger partial charge is 0.508 e. The SMILES string of the molecule is C[C@H]1CCc2c(sc3c2C(=O)N[C@@H](c2cc(I)ccc2O)N3)C1. The summed E-state index contributed by atoms with van der Waals surface area (Å²) >= 11 is 3.90. The Morgan fingerprint density at radius 2 is 2.17 bits per heavy atom. The molecule has 1 aromatic heterocycles. The van der Waals surface area contributed by atoms with Crippen molar-refractivity contribution >= 4 is 44.8 Å². The van der Waals surface area contributed by atoms with Crippen LogP contribution >= 0.6 is 33.9 Å². The Bertz CT molecular complexity index is 802. The Morgan fingerprint density at radius 3 is 3.00 bits per heavy atom. The molecular weight excluding hydrogens is 423 g/mol. The Balaban J connectivity index is 1.73. The Morgan fingerprint density at radius 1 is 1.35 bits per heavy atom. The van der Waals surface area contributed by atoms with E-state index in [2.05, 4.69) is 40.1 Å². The second-order valence-electron chi connectivity index (χ2n) is 6.31. The van der Waals surface area contributed by atoms with Gasteiger partial charge in [-0.2, -0.15) is 0 Å². The summed E-state index contributed by atoms with van der Waals surface area (Å²) < 4.78 is 1.02. The monoisotopic (exact) mass is 440 g/mol. The molecule has 1 amide bonds. The van der Waals surface area contributed by atoms with E-state index < -0.39 is 0 Å². The zero-order valence-corrected chi connectivity index (χ0v) is 15.6. The second kappa shape index (κ2) is 5.66. The van der Waals surface area contributed by atoms with Gasteiger partial charge in [-0.1, -0.05) is 6.92 Å². The lowest BCUT2D eigenvalue weighted by atomic mass is 9.88. The molecule has 23 heavy (non-hydrogen) atoms. The van der Waals surface area contributed by atoms with Gasteiger partial charge in [0.25, 0.3) is 5.91 Å². The summed E-state index contributed by atoms with van der Waals surface area (Å²) in [6.45, 7) is 2.27. The molecule has 3 N–H and O–H groups in total. The van der Waals surface area contributed by atoms with E-state index in [1.54, 1.807) is 17.4 Å². The van der Waals surface area contributed by atoms with Crippen LogP contribution in [0.5, 0.6) is 5.75 Å². The summed E-state index contributed by atoms with van der Waals surface area (Å²) in [6, 6.07) is 5.41. The molecule has 6 heteroatoms. The van der Waals surface area contributed by atoms with Crippen LogP contribution in [0.25, 0.3) is 0 Å². The van der Waals surface area contributed by atoms with Crippen molar-refractivity contribution in [3.63, 3.8) is 0 Å². The fourth-order valence-corrected chi connectivity index (χ4v) is 5.33. The molecule has 1 aliphatic carbocycles. The number of carbonyl (C=O) groups is 1. The van der Waals surface area contributed by atoms with Crippen molar-refractivity contribution in [3.05, 3.63) is 43.3 Å². The van der Waals surface area contributed by atoms with Gasteiger partial charge in [0.1, 0.15) is 16.9 Å². The number of fused-ring (bicyclic) bond motifs is 3. The quantitative estimate of drug-likeness (QED) is 0.587. The van der Waals surface area contributed by atoms with Crippen molar-refractivity contribution in [1.29, 1.82) is 0 Å². The number of amides is 1. The summed E-state index contributed by atoms with van der Waals surface area (Å²) in [5.74, 6) is 0.844. The molecule has 120 valence electrons. The Kier molecular flexibility index (Phi) is 3.76. The predicted octanol–water partition coefficient (Wildman–Crippen LogP) is 4.04. The summed E-state index contributed by atoms with van der Waals surface area (Å²) in [5, 5.41) is 17.5. The van der Waals surface area contributed by atoms with Crippen molar-refractivity contribution in [2.75, 3.05) is 5.32 Å². The minimum Gasteiger partial charge on any atom is -0.508 e. The number of nitrogens with one attached hydrogen (secondary N) is 2. The molecule has 2 atom stereocenters. The molecule has 2 heterocycles. The third kappa shape index (κ3) is 2.61. The first kappa shape index (κ1) is 15.3. The fourth-order valence-electron chi connectivity index (χ4n) is 3.38. The van der Waals surface area contributed by atoms with E-state index in [4.69, 9.17) is 0 Å². The van der Waals surface area contributed by atoms with Gasteiger partial charge >= 0.3 is 0 Å². The van der Waals surface area contributed by atoms with Gasteiger partial charge in [-0.3, -0.25) is 4.79 Å². The van der Waals surface area contributed by atoms with Gasteiger partial charge in [0, 0.05) is 14.0 Å². The molecule has 4 nitrogen and oxygen atoms in total. The van der Waals surface area contributed by atoms with Crippen LogP contribution in [-0.2, 0) is 12.8 Å². The van der Waals surface area contributed by atoms with Gasteiger partial charge in [-0.15, -0.1) is 11.3 Å². The van der Waals surface area contributed by atoms with Gasteiger partial charge < -0.3 is 15.7 Å². The number of halogens is 1. The van der Waals surface area contributed by atoms with Gasteiger partial charge in [0.05, 0.1) is 5.56 Å². The van der Waals surface area contributed by atoms with E-state index >= 15 is 0 Å². The highest BCUT2D eigenvalue weighted by atomic mass is 127. The standard InChI is InChI=1S/C17H17IN2O2S/c1-8-2-4-10-13(6-8)23-17-14(10)16(22)19-15(20-17)11-7-9(18)3-5-12(11)21/h3,5,7-8,15,20-21H,2,4,6H2,1H3,(H,19,22)/t8-,15+/m0/s1. The molecule has 4 rings (SSSR count). The molecule has 2 aliphatic rings. The minimum absolute atomic E-state index is 0.0333. The Hall–Kier alpha value is -1.28. The third-order valence-corrected chi connectivity index (χ3v) is 6.45. The van der Waals surface area contributed by atoms with Gasteiger partial charge in [-0.25, -0.2) is 0 Å². The van der Waals surface area contributed by atoms with Gasteiger partial charge in [0.15, 0.2) is 0 Å². The number of phenols is 1. The lowest BCUT2D eigenvalue weighted by Gasteiger charge is -2.27. The van der Waals surface area contributed by atoms with Crippen molar-refractivity contribution in [3.8, 4) is 5.75 Å². The highest BCUT2D eigenvalue weighted by Gasteiger charge is 2.33. The lowest BCUT2D eigenvalue weighted by molar-refractivity contribution is 0.0935. The topological polar surface area (TPSA) is 61.4 Å². The highest BCUT2D eigenvalue weighted by molar-refractivity contribution is 14.1. The smallest absolute Gasteiger partial charge is 0.256 e. The first-order valence-electron chi connectivity index (χ1n) is 7.73. The van der Waals surface area contributed by atoms with E-state index in [1.807, 2.05) is 12.1 Å². The molecule has 2 aromatic rings. The zero-order chi connectivity index (χ0) is 16.1. The first-order chi connectivity index (χ1) is 11.0. The molecule has 1 aliphatic heterocycles. The summed E-state index contributed by atoms with van der Waals surface area (Å²) in [5.41, 5.74) is 2.74. The minimum atomic E-state index is -0.387. The van der Waals surface area contributed by atoms with Crippen LogP contribution in [-0.4, -0.2) is 11.0 Å². The number of thiophene rings is 1. The number of benzene rings is 1. The summed E-state index contributed by atoms with van der Waals surface area (Å²) in [6.07, 6.45) is 2.80. The molecule has 0 fully saturated rings. The number of phenolic OH excluding ortho intramolecular Hbond substituents is 1. The van der Waals surface area contributed by atoms with Gasteiger partial charge in [0.2, 0.25) is 0 Å². The number of carbonyl (C=O) groups excluding carboxylic acids is 1. The molecule has 0 radical (unpaired) electrons. The maximum absolute atomic E-state index is 12.7. The molecule has 1 aromatic carbocycles. The lowest BCUT2D eigenvalue weighted by Crippen LogP contribution is -2.38. The van der Waals surface area contributed by atoms with Crippen molar-refractivity contribution in [2.45, 2.75) is 32.4 Å². The molecule has 0 bridgehead atoms. The van der Waals surface area contributed by atoms with Crippen LogP contribution in [0.4, 0.5) is 5.00 Å². The van der Waals surface area contributed by atoms with Crippen LogP contribution in [0.2, 0.25) is 0 Å². The van der Waals surface area contributed by atoms with E-state index in [0.29, 0.717) is 11.5 Å². The number of anilines is 1. The van der Waals surface area contributed by atoms with E-state index in [9.17, 15) is 9.90 Å². The van der Waals surface area contributed by atoms with Crippen LogP contribution in [0, 0.1) is 9.49 Å². The second-order valence-corrected chi connectivity index (χ2v) is 8.66. The van der Waals surface area contributed by atoms with Crippen LogP contribution in [0.3, 0.4) is 0 Å². The highest BCUT2D eigenvalue weighted by Crippen LogP contribution is 2.43. The average molecular weight is 440 g/mol. The molecular formula is C17H17IN2O2S. The summed E-state index contributed by atoms with van der Waals surface area (Å²) in [4.78, 5) is 14.0. The number of aromatic hydroxyl groups is 1. The molecule has 0 unspecified atom stereocenters. The maximum atomic E-state index is 12.7. The van der Waals surface area contributed by atoms with Gasteiger partial charge in [-0.05, 0) is 71.5 Å². The number of rotatable bonds is 1. The fraction of sp³-hybridized carbons (Fsp3) is 0.353. The van der Waals surface area contributed by atoms with Crippen molar-refractivity contribution in [1.82, 2.24) is 5.32 Å². The van der Waals surface area contributed by atoms with Crippen molar-refractivity contribution in [2.24, 2.45) is 5.92 Å². The van der Waals surface area contributed by atoms with Crippen LogP contribution in [0.1, 0.15) is 45.9 Å². The molecule has 0 saturated carbocycles. The molecule has 0 spiro atoms. The maximum Gasteiger partial charge on any atom is 0.256 e. The van der Waals surface area contributed by atoms with Crippen molar-refractivity contribution < 1.29 is 9.90 Å². The zero-order valence-electron chi connectivity index (χ0n) is 12.6. The van der Waals surface area contributed by atoms with E-state index in [-0.39, 0.29) is 17.8 Å². The Labute approximate surface area is 152 Å².